The standard InChI is InChI=1S/C13H12FNOS/c1-9(16)6-7-13-15-12(8-17-13)10-4-2-3-5-11(10)14/h2-5,8H,6-7H2,1H3. The van der Waals surface area contributed by atoms with Gasteiger partial charge < -0.3 is 4.79 Å². The van der Waals surface area contributed by atoms with Crippen LogP contribution in [-0.4, -0.2) is 10.8 Å². The lowest BCUT2D eigenvalue weighted by atomic mass is 10.1. The van der Waals surface area contributed by atoms with Crippen LogP contribution in [0.2, 0.25) is 0 Å². The van der Waals surface area contributed by atoms with Crippen LogP contribution >= 0.6 is 11.3 Å². The third-order valence-corrected chi connectivity index (χ3v) is 3.30. The number of aromatic nitrogens is 1. The fraction of sp³-hybridized carbons (Fsp3) is 0.231. The second-order valence-electron chi connectivity index (χ2n) is 3.81. The zero-order valence-corrected chi connectivity index (χ0v) is 10.3. The van der Waals surface area contributed by atoms with Gasteiger partial charge in [-0.05, 0) is 19.1 Å². The van der Waals surface area contributed by atoms with Crippen molar-refractivity contribution in [2.75, 3.05) is 0 Å². The molecule has 0 aliphatic heterocycles. The van der Waals surface area contributed by atoms with Crippen molar-refractivity contribution in [2.24, 2.45) is 0 Å². The predicted octanol–water partition coefficient (Wildman–Crippen LogP) is 3.47. The predicted molar refractivity (Wildman–Crippen MR) is 66.5 cm³/mol. The smallest absolute Gasteiger partial charge is 0.132 e. The van der Waals surface area contributed by atoms with Crippen molar-refractivity contribution in [2.45, 2.75) is 19.8 Å². The highest BCUT2D eigenvalue weighted by Gasteiger charge is 2.08. The Morgan fingerprint density at radius 3 is 2.88 bits per heavy atom. The maximum Gasteiger partial charge on any atom is 0.132 e. The molecule has 1 aromatic heterocycles. The molecule has 88 valence electrons. The molecular formula is C13H12FNOS. The molecule has 17 heavy (non-hydrogen) atoms. The summed E-state index contributed by atoms with van der Waals surface area (Å²) in [6.07, 6.45) is 1.12. The molecule has 0 aliphatic carbocycles. The van der Waals surface area contributed by atoms with Crippen LogP contribution in [-0.2, 0) is 11.2 Å². The number of Topliss-reactive ketones (excluding diaryl/α,β-unsaturated/α-hetero) is 1. The first-order chi connectivity index (χ1) is 8.16. The summed E-state index contributed by atoms with van der Waals surface area (Å²) in [6, 6.07) is 6.57. The molecule has 0 amide bonds. The number of nitrogens with zero attached hydrogens (tertiary/aromatic N) is 1. The summed E-state index contributed by atoms with van der Waals surface area (Å²) in [7, 11) is 0. The molecule has 0 saturated heterocycles. The molecule has 0 spiro atoms. The Balaban J connectivity index is 2.18. The van der Waals surface area contributed by atoms with Gasteiger partial charge >= 0.3 is 0 Å². The summed E-state index contributed by atoms with van der Waals surface area (Å²) in [5.41, 5.74) is 1.16. The zero-order chi connectivity index (χ0) is 12.3. The minimum Gasteiger partial charge on any atom is -0.300 e. The molecule has 4 heteroatoms. The maximum atomic E-state index is 13.5. The van der Waals surface area contributed by atoms with Crippen molar-refractivity contribution < 1.29 is 9.18 Å². The summed E-state index contributed by atoms with van der Waals surface area (Å²) in [5.74, 6) is -0.122. The van der Waals surface area contributed by atoms with Crippen LogP contribution in [0.25, 0.3) is 11.3 Å². The molecule has 0 atom stereocenters. The first kappa shape index (κ1) is 11.9. The second kappa shape index (κ2) is 5.19. The Morgan fingerprint density at radius 2 is 2.18 bits per heavy atom. The van der Waals surface area contributed by atoms with Gasteiger partial charge in [0.25, 0.3) is 0 Å². The van der Waals surface area contributed by atoms with Crippen molar-refractivity contribution in [3.63, 3.8) is 0 Å². The van der Waals surface area contributed by atoms with E-state index in [0.29, 0.717) is 24.1 Å². The molecule has 0 aliphatic rings. The summed E-state index contributed by atoms with van der Waals surface area (Å²) in [5, 5.41) is 2.70. The van der Waals surface area contributed by atoms with E-state index in [-0.39, 0.29) is 11.6 Å². The Morgan fingerprint density at radius 1 is 1.41 bits per heavy atom. The monoisotopic (exact) mass is 249 g/mol. The van der Waals surface area contributed by atoms with E-state index in [1.54, 1.807) is 25.1 Å². The number of ketones is 1. The highest BCUT2D eigenvalue weighted by Crippen LogP contribution is 2.24. The van der Waals surface area contributed by atoms with Gasteiger partial charge in [0.05, 0.1) is 10.7 Å². The van der Waals surface area contributed by atoms with Gasteiger partial charge in [-0.25, -0.2) is 9.37 Å². The summed E-state index contributed by atoms with van der Waals surface area (Å²) in [6.45, 7) is 1.56. The number of hydrogen-bond donors (Lipinski definition) is 0. The van der Waals surface area contributed by atoms with Crippen LogP contribution in [0.5, 0.6) is 0 Å². The van der Waals surface area contributed by atoms with Crippen molar-refractivity contribution in [3.05, 3.63) is 40.5 Å². The van der Waals surface area contributed by atoms with E-state index < -0.39 is 0 Å². The normalized spacial score (nSPS) is 10.5. The largest absolute Gasteiger partial charge is 0.300 e. The van der Waals surface area contributed by atoms with E-state index in [4.69, 9.17) is 0 Å². The summed E-state index contributed by atoms with van der Waals surface area (Å²) < 4.78 is 13.5. The molecule has 2 aromatic rings. The number of halogens is 1. The maximum absolute atomic E-state index is 13.5. The van der Waals surface area contributed by atoms with Gasteiger partial charge in [0.1, 0.15) is 11.6 Å². The number of thiazole rings is 1. The van der Waals surface area contributed by atoms with Gasteiger partial charge in [0.2, 0.25) is 0 Å². The molecule has 0 fully saturated rings. The average Bonchev–Trinajstić information content (AvgIpc) is 2.75. The first-order valence-electron chi connectivity index (χ1n) is 5.35. The first-order valence-corrected chi connectivity index (χ1v) is 6.23. The lowest BCUT2D eigenvalue weighted by Gasteiger charge is -1.97. The van der Waals surface area contributed by atoms with Crippen LogP contribution in [0.4, 0.5) is 4.39 Å². The van der Waals surface area contributed by atoms with Gasteiger partial charge in [-0.2, -0.15) is 0 Å². The minimum atomic E-state index is -0.268. The third kappa shape index (κ3) is 2.97. The molecule has 1 heterocycles. The van der Waals surface area contributed by atoms with Crippen molar-refractivity contribution in [1.82, 2.24) is 4.98 Å². The van der Waals surface area contributed by atoms with Crippen molar-refractivity contribution in [3.8, 4) is 11.3 Å². The molecule has 0 saturated carbocycles. The van der Waals surface area contributed by atoms with Crippen LogP contribution in [0.15, 0.2) is 29.6 Å². The highest BCUT2D eigenvalue weighted by molar-refractivity contribution is 7.09. The quantitative estimate of drug-likeness (QED) is 0.830. The van der Waals surface area contributed by atoms with E-state index in [0.717, 1.165) is 5.01 Å². The number of aryl methyl sites for hydroxylation is 1. The average molecular weight is 249 g/mol. The van der Waals surface area contributed by atoms with Crippen LogP contribution in [0.1, 0.15) is 18.4 Å². The SMILES string of the molecule is CC(=O)CCc1nc(-c2ccccc2F)cs1. The topological polar surface area (TPSA) is 30.0 Å². The number of hydrogen-bond acceptors (Lipinski definition) is 3. The molecule has 0 radical (unpaired) electrons. The zero-order valence-electron chi connectivity index (χ0n) is 9.44. The molecule has 1 aromatic carbocycles. The van der Waals surface area contributed by atoms with E-state index in [1.165, 1.54) is 17.4 Å². The molecule has 0 N–H and O–H groups in total. The van der Waals surface area contributed by atoms with Gasteiger partial charge in [-0.1, -0.05) is 12.1 Å². The fourth-order valence-corrected chi connectivity index (χ4v) is 2.30. The van der Waals surface area contributed by atoms with E-state index in [2.05, 4.69) is 4.98 Å². The van der Waals surface area contributed by atoms with Gasteiger partial charge in [-0.3, -0.25) is 0 Å². The molecule has 2 nitrogen and oxygen atoms in total. The molecule has 0 unspecified atom stereocenters. The van der Waals surface area contributed by atoms with Gasteiger partial charge in [0, 0.05) is 23.8 Å². The number of benzene rings is 1. The van der Waals surface area contributed by atoms with Gasteiger partial charge in [0.15, 0.2) is 0 Å². The van der Waals surface area contributed by atoms with Crippen LogP contribution < -0.4 is 0 Å². The van der Waals surface area contributed by atoms with E-state index in [1.807, 2.05) is 5.38 Å². The van der Waals surface area contributed by atoms with Gasteiger partial charge in [-0.15, -0.1) is 11.3 Å². The molecule has 2 rings (SSSR count). The number of carbonyl (C=O) groups excluding carboxylic acids is 1. The van der Waals surface area contributed by atoms with E-state index >= 15 is 0 Å². The highest BCUT2D eigenvalue weighted by atomic mass is 32.1. The number of carbonyl (C=O) groups is 1. The summed E-state index contributed by atoms with van der Waals surface area (Å²) >= 11 is 1.47. The molecular weight excluding hydrogens is 237 g/mol. The van der Waals surface area contributed by atoms with Crippen molar-refractivity contribution in [1.29, 1.82) is 0 Å². The third-order valence-electron chi connectivity index (χ3n) is 2.39. The fourth-order valence-electron chi connectivity index (χ4n) is 1.50. The lowest BCUT2D eigenvalue weighted by Crippen LogP contribution is -1.93. The number of rotatable bonds is 4. The minimum absolute atomic E-state index is 0.146. The van der Waals surface area contributed by atoms with Crippen LogP contribution in [0.3, 0.4) is 0 Å². The molecule has 0 bridgehead atoms. The Kier molecular flexibility index (Phi) is 3.64. The Bertz CT molecular complexity index is 536. The second-order valence-corrected chi connectivity index (χ2v) is 4.75. The lowest BCUT2D eigenvalue weighted by molar-refractivity contribution is -0.116. The Labute approximate surface area is 103 Å². The van der Waals surface area contributed by atoms with Crippen molar-refractivity contribution >= 4 is 17.1 Å². The summed E-state index contributed by atoms with van der Waals surface area (Å²) in [4.78, 5) is 15.2. The van der Waals surface area contributed by atoms with Crippen LogP contribution in [0, 0.1) is 5.82 Å². The Hall–Kier alpha value is -1.55. The van der Waals surface area contributed by atoms with E-state index in [9.17, 15) is 9.18 Å².